The van der Waals surface area contributed by atoms with Gasteiger partial charge in [0, 0.05) is 37.0 Å². The highest BCUT2D eigenvalue weighted by atomic mass is 32.1. The molecule has 3 atom stereocenters. The number of fused-ring (bicyclic) bond motifs is 2. The molecule has 0 bridgehead atoms. The zero-order valence-corrected chi connectivity index (χ0v) is 21.8. The molecule has 5 nitrogen and oxygen atoms in total. The number of aryl methyl sites for hydroxylation is 2. The summed E-state index contributed by atoms with van der Waals surface area (Å²) in [7, 11) is 0. The SMILES string of the molecule is Cc1nc2c(C)cc(-c3cc(F)c4nc([C@H]5C[C@@H](C)N(Cc6ccccc6)[C@@H](C)C5)sc4c3)nc2o1. The third-order valence-corrected chi connectivity index (χ3v) is 8.53. The van der Waals surface area contributed by atoms with Crippen LogP contribution in [-0.2, 0) is 6.54 Å². The van der Waals surface area contributed by atoms with Crippen molar-refractivity contribution in [3.63, 3.8) is 0 Å². The number of hydrogen-bond donors (Lipinski definition) is 0. The second-order valence-electron chi connectivity index (χ2n) is 10.1. The number of nitrogens with zero attached hydrogens (tertiary/aromatic N) is 4. The van der Waals surface area contributed by atoms with Gasteiger partial charge in [0.05, 0.1) is 15.4 Å². The molecule has 0 unspecified atom stereocenters. The van der Waals surface area contributed by atoms with Crippen LogP contribution in [0, 0.1) is 19.7 Å². The first-order valence-electron chi connectivity index (χ1n) is 12.5. The number of pyridine rings is 1. The number of oxazole rings is 1. The molecule has 36 heavy (non-hydrogen) atoms. The Morgan fingerprint density at radius 1 is 0.972 bits per heavy atom. The maximum Gasteiger partial charge on any atom is 0.247 e. The van der Waals surface area contributed by atoms with E-state index in [9.17, 15) is 0 Å². The van der Waals surface area contributed by atoms with E-state index in [4.69, 9.17) is 9.40 Å². The van der Waals surface area contributed by atoms with Crippen molar-refractivity contribution in [2.75, 3.05) is 0 Å². The standard InChI is InChI=1S/C29H29FN4OS/c1-16-10-24(32-28-26(16)31-19(4)35-28)21-13-23(30)27-25(14-21)36-29(33-27)22-11-17(2)34(18(3)12-22)15-20-8-6-5-7-9-20/h5-10,13-14,17-18,22H,11-12,15H2,1-4H3/t17-,18+,22+. The summed E-state index contributed by atoms with van der Waals surface area (Å²) in [6.07, 6.45) is 2.04. The monoisotopic (exact) mass is 500 g/mol. The van der Waals surface area contributed by atoms with Gasteiger partial charge >= 0.3 is 0 Å². The van der Waals surface area contributed by atoms with Crippen LogP contribution in [0.15, 0.2) is 52.9 Å². The molecule has 0 amide bonds. The van der Waals surface area contributed by atoms with Gasteiger partial charge in [0.15, 0.2) is 11.7 Å². The minimum absolute atomic E-state index is 0.305. The van der Waals surface area contributed by atoms with E-state index in [1.54, 1.807) is 18.3 Å². The molecule has 7 heteroatoms. The van der Waals surface area contributed by atoms with Gasteiger partial charge in [-0.1, -0.05) is 30.3 Å². The van der Waals surface area contributed by atoms with Crippen molar-refractivity contribution < 1.29 is 8.81 Å². The zero-order valence-electron chi connectivity index (χ0n) is 21.0. The molecular formula is C29H29FN4OS. The summed E-state index contributed by atoms with van der Waals surface area (Å²) in [4.78, 5) is 16.4. The molecule has 0 saturated carbocycles. The summed E-state index contributed by atoms with van der Waals surface area (Å²) in [5, 5.41) is 1.03. The van der Waals surface area contributed by atoms with Gasteiger partial charge in [-0.05, 0) is 62.9 Å². The van der Waals surface area contributed by atoms with E-state index in [-0.39, 0.29) is 5.82 Å². The zero-order chi connectivity index (χ0) is 25.0. The first-order valence-corrected chi connectivity index (χ1v) is 13.3. The van der Waals surface area contributed by atoms with Crippen LogP contribution < -0.4 is 0 Å². The van der Waals surface area contributed by atoms with E-state index < -0.39 is 0 Å². The fraction of sp³-hybridized carbons (Fsp3) is 0.345. The Balaban J connectivity index is 1.29. The molecule has 1 aliphatic heterocycles. The summed E-state index contributed by atoms with van der Waals surface area (Å²) in [5.74, 6) is 0.599. The van der Waals surface area contributed by atoms with Gasteiger partial charge in [0.1, 0.15) is 11.0 Å². The lowest BCUT2D eigenvalue weighted by Gasteiger charge is -2.42. The fourth-order valence-corrected chi connectivity index (χ4v) is 6.72. The number of piperidine rings is 1. The molecule has 0 aliphatic carbocycles. The van der Waals surface area contributed by atoms with Crippen molar-refractivity contribution in [2.45, 2.75) is 65.1 Å². The second-order valence-corrected chi connectivity index (χ2v) is 11.2. The van der Waals surface area contributed by atoms with Crippen molar-refractivity contribution >= 4 is 32.8 Å². The van der Waals surface area contributed by atoms with E-state index >= 15 is 4.39 Å². The highest BCUT2D eigenvalue weighted by Crippen LogP contribution is 2.40. The number of aromatic nitrogens is 3. The van der Waals surface area contributed by atoms with Gasteiger partial charge < -0.3 is 4.42 Å². The van der Waals surface area contributed by atoms with Crippen molar-refractivity contribution in [3.05, 3.63) is 76.4 Å². The van der Waals surface area contributed by atoms with Gasteiger partial charge in [-0.2, -0.15) is 0 Å². The predicted octanol–water partition coefficient (Wildman–Crippen LogP) is 7.41. The minimum atomic E-state index is -0.305. The summed E-state index contributed by atoms with van der Waals surface area (Å²) in [5.41, 5.74) is 5.41. The fourth-order valence-electron chi connectivity index (χ4n) is 5.57. The lowest BCUT2D eigenvalue weighted by atomic mass is 9.87. The third kappa shape index (κ3) is 4.20. The highest BCUT2D eigenvalue weighted by molar-refractivity contribution is 7.18. The number of rotatable bonds is 4. The quantitative estimate of drug-likeness (QED) is 0.257. The van der Waals surface area contributed by atoms with Crippen LogP contribution in [0.1, 0.15) is 54.6 Å². The van der Waals surface area contributed by atoms with Crippen LogP contribution in [0.2, 0.25) is 0 Å². The molecule has 0 spiro atoms. The van der Waals surface area contributed by atoms with Gasteiger partial charge in [-0.15, -0.1) is 11.3 Å². The van der Waals surface area contributed by atoms with Crippen LogP contribution in [0.4, 0.5) is 4.39 Å². The maximum absolute atomic E-state index is 15.3. The van der Waals surface area contributed by atoms with E-state index in [2.05, 4.69) is 59.0 Å². The Morgan fingerprint density at radius 3 is 2.47 bits per heavy atom. The highest BCUT2D eigenvalue weighted by Gasteiger charge is 2.33. The largest absolute Gasteiger partial charge is 0.423 e. The average Bonchev–Trinajstić information content (AvgIpc) is 3.45. The molecule has 5 aromatic rings. The molecule has 0 radical (unpaired) electrons. The van der Waals surface area contributed by atoms with Crippen LogP contribution >= 0.6 is 11.3 Å². The van der Waals surface area contributed by atoms with Crippen LogP contribution in [-0.4, -0.2) is 31.9 Å². The second kappa shape index (κ2) is 9.05. The van der Waals surface area contributed by atoms with Crippen molar-refractivity contribution in [2.24, 2.45) is 0 Å². The Hall–Kier alpha value is -3.16. The number of likely N-dealkylation sites (tertiary alicyclic amines) is 1. The van der Waals surface area contributed by atoms with Crippen LogP contribution in [0.5, 0.6) is 0 Å². The molecule has 0 N–H and O–H groups in total. The van der Waals surface area contributed by atoms with E-state index in [1.165, 1.54) is 11.6 Å². The minimum Gasteiger partial charge on any atom is -0.423 e. The van der Waals surface area contributed by atoms with Gasteiger partial charge in [0.2, 0.25) is 5.71 Å². The van der Waals surface area contributed by atoms with Crippen LogP contribution in [0.3, 0.4) is 0 Å². The van der Waals surface area contributed by atoms with E-state index in [0.29, 0.717) is 40.8 Å². The summed E-state index contributed by atoms with van der Waals surface area (Å²) < 4.78 is 21.8. The molecule has 184 valence electrons. The van der Waals surface area contributed by atoms with Crippen molar-refractivity contribution in [3.8, 4) is 11.3 Å². The summed E-state index contributed by atoms with van der Waals surface area (Å²) >= 11 is 1.61. The third-order valence-electron chi connectivity index (χ3n) is 7.37. The molecule has 2 aromatic carbocycles. The van der Waals surface area contributed by atoms with E-state index in [1.807, 2.05) is 19.1 Å². The smallest absolute Gasteiger partial charge is 0.247 e. The summed E-state index contributed by atoms with van der Waals surface area (Å²) in [6, 6.07) is 17.0. The van der Waals surface area contributed by atoms with Gasteiger partial charge in [-0.3, -0.25) is 4.90 Å². The molecule has 1 aliphatic rings. The number of benzene rings is 2. The normalized spacial score (nSPS) is 21.0. The molecule has 6 rings (SSSR count). The maximum atomic E-state index is 15.3. The van der Waals surface area contributed by atoms with E-state index in [0.717, 1.165) is 45.7 Å². The number of hydrogen-bond acceptors (Lipinski definition) is 6. The van der Waals surface area contributed by atoms with Crippen molar-refractivity contribution in [1.29, 1.82) is 0 Å². The molecular weight excluding hydrogens is 471 g/mol. The first-order chi connectivity index (χ1) is 17.4. The Kier molecular flexibility index (Phi) is 5.85. The lowest BCUT2D eigenvalue weighted by molar-refractivity contribution is 0.0829. The Labute approximate surface area is 214 Å². The number of thiazole rings is 1. The van der Waals surface area contributed by atoms with Crippen LogP contribution in [0.25, 0.3) is 32.7 Å². The summed E-state index contributed by atoms with van der Waals surface area (Å²) in [6.45, 7) is 9.33. The predicted molar refractivity (Wildman–Crippen MR) is 143 cm³/mol. The topological polar surface area (TPSA) is 55.1 Å². The average molecular weight is 501 g/mol. The van der Waals surface area contributed by atoms with Gasteiger partial charge in [0.25, 0.3) is 0 Å². The lowest BCUT2D eigenvalue weighted by Crippen LogP contribution is -2.45. The van der Waals surface area contributed by atoms with Gasteiger partial charge in [-0.25, -0.2) is 19.3 Å². The number of halogens is 1. The molecule has 3 aromatic heterocycles. The first kappa shape index (κ1) is 23.3. The van der Waals surface area contributed by atoms with Crippen molar-refractivity contribution in [1.82, 2.24) is 19.9 Å². The Bertz CT molecular complexity index is 1550. The molecule has 4 heterocycles. The Morgan fingerprint density at radius 2 is 1.72 bits per heavy atom. The molecule has 1 fully saturated rings. The molecule has 1 saturated heterocycles.